The zero-order chi connectivity index (χ0) is 13.9. The van der Waals surface area contributed by atoms with Gasteiger partial charge in [-0.2, -0.15) is 0 Å². The van der Waals surface area contributed by atoms with Crippen molar-refractivity contribution in [2.75, 3.05) is 26.2 Å². The van der Waals surface area contributed by atoms with Gasteiger partial charge >= 0.3 is 0 Å². The quantitative estimate of drug-likeness (QED) is 0.927. The molecular weight excluding hydrogens is 314 g/mol. The fraction of sp³-hybridized carbons (Fsp3) is 0.333. The average Bonchev–Trinajstić information content (AvgIpc) is 2.97. The van der Waals surface area contributed by atoms with Crippen molar-refractivity contribution in [3.63, 3.8) is 0 Å². The van der Waals surface area contributed by atoms with E-state index in [2.05, 4.69) is 10.2 Å². The van der Waals surface area contributed by atoms with Gasteiger partial charge in [-0.05, 0) is 17.5 Å². The molecule has 1 aromatic carbocycles. The van der Waals surface area contributed by atoms with Gasteiger partial charge in [-0.1, -0.05) is 12.1 Å². The number of nitrogens with one attached hydrogen (secondary N) is 1. The Morgan fingerprint density at radius 2 is 1.90 bits per heavy atom. The van der Waals surface area contributed by atoms with E-state index in [0.717, 1.165) is 37.1 Å². The Morgan fingerprint density at radius 3 is 2.52 bits per heavy atom. The van der Waals surface area contributed by atoms with Gasteiger partial charge in [0.15, 0.2) is 0 Å². The maximum absolute atomic E-state index is 14.2. The molecule has 6 heteroatoms. The summed E-state index contributed by atoms with van der Waals surface area (Å²) >= 11 is 1.61. The van der Waals surface area contributed by atoms with Crippen LogP contribution >= 0.6 is 23.7 Å². The van der Waals surface area contributed by atoms with Crippen LogP contribution in [0.15, 0.2) is 35.7 Å². The van der Waals surface area contributed by atoms with E-state index in [1.165, 1.54) is 6.07 Å². The molecule has 1 fully saturated rings. The lowest BCUT2D eigenvalue weighted by Gasteiger charge is -2.34. The monoisotopic (exact) mass is 330 g/mol. The van der Waals surface area contributed by atoms with Crippen molar-refractivity contribution in [3.8, 4) is 0 Å². The largest absolute Gasteiger partial charge is 0.314 e. The molecule has 2 aromatic rings. The first kappa shape index (κ1) is 16.4. The Balaban J connectivity index is 0.00000161. The molecule has 21 heavy (non-hydrogen) atoms. The number of hydrogen-bond acceptors (Lipinski definition) is 3. The number of thiophene rings is 1. The number of hydrogen-bond donors (Lipinski definition) is 1. The van der Waals surface area contributed by atoms with Crippen LogP contribution < -0.4 is 5.32 Å². The van der Waals surface area contributed by atoms with Gasteiger partial charge in [0.1, 0.15) is 11.6 Å². The fourth-order valence-corrected chi connectivity index (χ4v) is 3.52. The standard InChI is InChI=1S/C15H16F2N2S.ClH/c16-11-3-4-12(13(17)10-11)15(14-2-1-9-20-14)19-7-5-18-6-8-19;/h1-4,9-10,15,18H,5-8H2;1H/t15-;/m0./s1. The van der Waals surface area contributed by atoms with E-state index in [1.807, 2.05) is 17.5 Å². The van der Waals surface area contributed by atoms with Crippen LogP contribution in [-0.2, 0) is 0 Å². The van der Waals surface area contributed by atoms with Crippen molar-refractivity contribution in [1.29, 1.82) is 0 Å². The van der Waals surface area contributed by atoms with Gasteiger partial charge < -0.3 is 5.32 Å². The second kappa shape index (κ2) is 7.31. The SMILES string of the molecule is Cl.Fc1ccc([C@@H](c2cccs2)N2CCNCC2)c(F)c1. The maximum atomic E-state index is 14.2. The van der Waals surface area contributed by atoms with E-state index in [0.29, 0.717) is 5.56 Å². The predicted octanol–water partition coefficient (Wildman–Crippen LogP) is 3.44. The molecule has 1 aliphatic rings. The lowest BCUT2D eigenvalue weighted by molar-refractivity contribution is 0.197. The van der Waals surface area contributed by atoms with Gasteiger partial charge in [0, 0.05) is 42.7 Å². The van der Waals surface area contributed by atoms with Crippen LogP contribution in [0.3, 0.4) is 0 Å². The minimum atomic E-state index is -0.531. The highest BCUT2D eigenvalue weighted by molar-refractivity contribution is 7.10. The Labute approximate surface area is 133 Å². The normalized spacial score (nSPS) is 17.2. The van der Waals surface area contributed by atoms with Crippen LogP contribution in [-0.4, -0.2) is 31.1 Å². The maximum Gasteiger partial charge on any atom is 0.131 e. The number of halogens is 3. The molecule has 1 N–H and O–H groups in total. The molecule has 2 heterocycles. The third-order valence-corrected chi connectivity index (χ3v) is 4.51. The highest BCUT2D eigenvalue weighted by Gasteiger charge is 2.27. The van der Waals surface area contributed by atoms with Gasteiger partial charge in [-0.3, -0.25) is 4.90 Å². The van der Waals surface area contributed by atoms with Crippen molar-refractivity contribution in [1.82, 2.24) is 10.2 Å². The molecule has 1 atom stereocenters. The molecule has 114 valence electrons. The first-order valence-corrected chi connectivity index (χ1v) is 7.57. The molecule has 0 radical (unpaired) electrons. The molecule has 0 unspecified atom stereocenters. The summed E-state index contributed by atoms with van der Waals surface area (Å²) in [5.74, 6) is -1.00. The van der Waals surface area contributed by atoms with Gasteiger partial charge in [-0.15, -0.1) is 23.7 Å². The van der Waals surface area contributed by atoms with Gasteiger partial charge in [0.25, 0.3) is 0 Å². The van der Waals surface area contributed by atoms with E-state index < -0.39 is 11.6 Å². The molecule has 0 bridgehead atoms. The third kappa shape index (κ3) is 3.61. The summed E-state index contributed by atoms with van der Waals surface area (Å²) in [4.78, 5) is 3.34. The number of benzene rings is 1. The third-order valence-electron chi connectivity index (χ3n) is 3.59. The summed E-state index contributed by atoms with van der Waals surface area (Å²) in [6, 6.07) is 7.73. The molecule has 0 aliphatic carbocycles. The minimum absolute atomic E-state index is 0. The molecule has 0 spiro atoms. The number of nitrogens with zero attached hydrogens (tertiary/aromatic N) is 1. The zero-order valence-electron chi connectivity index (χ0n) is 11.4. The molecule has 3 rings (SSSR count). The summed E-state index contributed by atoms with van der Waals surface area (Å²) in [7, 11) is 0. The second-order valence-electron chi connectivity index (χ2n) is 4.87. The van der Waals surface area contributed by atoms with Gasteiger partial charge in [0.2, 0.25) is 0 Å². The highest BCUT2D eigenvalue weighted by Crippen LogP contribution is 2.33. The molecule has 1 aliphatic heterocycles. The Hall–Kier alpha value is -1.01. The predicted molar refractivity (Wildman–Crippen MR) is 84.2 cm³/mol. The first-order valence-electron chi connectivity index (χ1n) is 6.69. The summed E-state index contributed by atoms with van der Waals surface area (Å²) in [6.07, 6.45) is 0. The lowest BCUT2D eigenvalue weighted by Crippen LogP contribution is -2.45. The molecule has 0 amide bonds. The Morgan fingerprint density at radius 1 is 1.14 bits per heavy atom. The van der Waals surface area contributed by atoms with Gasteiger partial charge in [0.05, 0.1) is 6.04 Å². The van der Waals surface area contributed by atoms with Crippen molar-refractivity contribution < 1.29 is 8.78 Å². The van der Waals surface area contributed by atoms with Crippen LogP contribution in [0.25, 0.3) is 0 Å². The number of piperazine rings is 1. The Kier molecular flexibility index (Phi) is 5.70. The van der Waals surface area contributed by atoms with Crippen LogP contribution in [0.1, 0.15) is 16.5 Å². The van der Waals surface area contributed by atoms with Crippen molar-refractivity contribution in [2.24, 2.45) is 0 Å². The topological polar surface area (TPSA) is 15.3 Å². The van der Waals surface area contributed by atoms with Crippen LogP contribution in [0.4, 0.5) is 8.78 Å². The average molecular weight is 331 g/mol. The van der Waals surface area contributed by atoms with Crippen LogP contribution in [0, 0.1) is 11.6 Å². The van der Waals surface area contributed by atoms with E-state index in [1.54, 1.807) is 17.4 Å². The minimum Gasteiger partial charge on any atom is -0.314 e. The van der Waals surface area contributed by atoms with Crippen molar-refractivity contribution in [2.45, 2.75) is 6.04 Å². The zero-order valence-corrected chi connectivity index (χ0v) is 13.0. The molecule has 1 saturated heterocycles. The molecular formula is C15H17ClF2N2S. The summed E-state index contributed by atoms with van der Waals surface area (Å²) in [5, 5.41) is 5.29. The number of rotatable bonds is 3. The molecule has 2 nitrogen and oxygen atoms in total. The highest BCUT2D eigenvalue weighted by atomic mass is 35.5. The first-order chi connectivity index (χ1) is 9.75. The lowest BCUT2D eigenvalue weighted by atomic mass is 10.0. The van der Waals surface area contributed by atoms with Crippen LogP contribution in [0.5, 0.6) is 0 Å². The molecule has 0 saturated carbocycles. The summed E-state index contributed by atoms with van der Waals surface area (Å²) in [6.45, 7) is 3.51. The van der Waals surface area contributed by atoms with Gasteiger partial charge in [-0.25, -0.2) is 8.78 Å². The van der Waals surface area contributed by atoms with E-state index in [9.17, 15) is 8.78 Å². The fourth-order valence-electron chi connectivity index (χ4n) is 2.64. The molecule has 1 aromatic heterocycles. The van der Waals surface area contributed by atoms with Crippen LogP contribution in [0.2, 0.25) is 0 Å². The summed E-state index contributed by atoms with van der Waals surface area (Å²) < 4.78 is 27.3. The van der Waals surface area contributed by atoms with Crippen molar-refractivity contribution in [3.05, 3.63) is 57.8 Å². The Bertz CT molecular complexity index is 571. The van der Waals surface area contributed by atoms with Crippen molar-refractivity contribution >= 4 is 23.7 Å². The summed E-state index contributed by atoms with van der Waals surface area (Å²) in [5.41, 5.74) is 0.552. The second-order valence-corrected chi connectivity index (χ2v) is 5.85. The van der Waals surface area contributed by atoms with E-state index in [4.69, 9.17) is 0 Å². The smallest absolute Gasteiger partial charge is 0.131 e. The van der Waals surface area contributed by atoms with E-state index >= 15 is 0 Å². The van der Waals surface area contributed by atoms with E-state index in [-0.39, 0.29) is 18.4 Å².